The summed E-state index contributed by atoms with van der Waals surface area (Å²) in [6.45, 7) is 0. The number of benzene rings is 1. The monoisotopic (exact) mass is 177 g/mol. The number of nitrogens with two attached hydrogens (primary N) is 1. The van der Waals surface area contributed by atoms with Crippen molar-refractivity contribution in [1.82, 2.24) is 0 Å². The summed E-state index contributed by atoms with van der Waals surface area (Å²) in [4.78, 5) is 10.3. The van der Waals surface area contributed by atoms with Crippen LogP contribution < -0.4 is 5.73 Å². The van der Waals surface area contributed by atoms with Crippen molar-refractivity contribution in [3.8, 4) is 0 Å². The van der Waals surface area contributed by atoms with Crippen LogP contribution in [-0.4, -0.2) is 17.1 Å². The predicted molar refractivity (Wildman–Crippen MR) is 51.1 cm³/mol. The Hall–Kier alpha value is -1.61. The van der Waals surface area contributed by atoms with Gasteiger partial charge in [-0.15, -0.1) is 0 Å². The van der Waals surface area contributed by atoms with E-state index < -0.39 is 12.0 Å². The molecule has 0 aliphatic heterocycles. The van der Waals surface area contributed by atoms with Gasteiger partial charge in [0.1, 0.15) is 6.04 Å². The van der Waals surface area contributed by atoms with Gasteiger partial charge in [-0.25, -0.2) is 0 Å². The molecule has 0 aliphatic rings. The van der Waals surface area contributed by atoms with Crippen LogP contribution in [0.3, 0.4) is 0 Å². The molecule has 1 atom stereocenters. The van der Waals surface area contributed by atoms with Crippen LogP contribution in [-0.2, 0) is 4.79 Å². The molecule has 13 heavy (non-hydrogen) atoms. The van der Waals surface area contributed by atoms with E-state index in [1.165, 1.54) is 6.08 Å². The Morgan fingerprint density at radius 3 is 2.54 bits per heavy atom. The van der Waals surface area contributed by atoms with E-state index >= 15 is 0 Å². The first-order valence-electron chi connectivity index (χ1n) is 3.92. The minimum Gasteiger partial charge on any atom is -0.480 e. The van der Waals surface area contributed by atoms with Gasteiger partial charge in [0.05, 0.1) is 0 Å². The molecule has 1 unspecified atom stereocenters. The fraction of sp³-hybridized carbons (Fsp3) is 0.100. The van der Waals surface area contributed by atoms with Crippen LogP contribution in [0.2, 0.25) is 0 Å². The molecule has 0 radical (unpaired) electrons. The molecule has 68 valence electrons. The van der Waals surface area contributed by atoms with Gasteiger partial charge in [-0.05, 0) is 5.56 Å². The van der Waals surface area contributed by atoms with E-state index in [-0.39, 0.29) is 0 Å². The maximum atomic E-state index is 10.3. The zero-order valence-corrected chi connectivity index (χ0v) is 7.05. The molecule has 0 heterocycles. The van der Waals surface area contributed by atoms with Gasteiger partial charge < -0.3 is 10.8 Å². The first kappa shape index (κ1) is 9.48. The van der Waals surface area contributed by atoms with Crippen LogP contribution >= 0.6 is 0 Å². The molecule has 1 rings (SSSR count). The van der Waals surface area contributed by atoms with Crippen LogP contribution in [0.15, 0.2) is 36.4 Å². The van der Waals surface area contributed by atoms with Gasteiger partial charge in [0, 0.05) is 0 Å². The van der Waals surface area contributed by atoms with E-state index in [1.807, 2.05) is 30.3 Å². The van der Waals surface area contributed by atoms with Gasteiger partial charge in [0.15, 0.2) is 0 Å². The van der Waals surface area contributed by atoms with E-state index in [4.69, 9.17) is 10.8 Å². The molecule has 3 heteroatoms. The number of rotatable bonds is 3. The van der Waals surface area contributed by atoms with E-state index in [9.17, 15) is 4.79 Å². The summed E-state index contributed by atoms with van der Waals surface area (Å²) in [5.41, 5.74) is 6.22. The van der Waals surface area contributed by atoms with Crippen LogP contribution in [0, 0.1) is 0 Å². The number of carboxylic acids is 1. The molecule has 0 amide bonds. The lowest BCUT2D eigenvalue weighted by molar-refractivity contribution is -0.137. The average Bonchev–Trinajstić information content (AvgIpc) is 2.15. The van der Waals surface area contributed by atoms with Crippen molar-refractivity contribution < 1.29 is 9.90 Å². The van der Waals surface area contributed by atoms with Gasteiger partial charge in [-0.1, -0.05) is 42.5 Å². The summed E-state index contributed by atoms with van der Waals surface area (Å²) in [5.74, 6) is -1.02. The highest BCUT2D eigenvalue weighted by Crippen LogP contribution is 2.01. The van der Waals surface area contributed by atoms with E-state index in [0.717, 1.165) is 5.56 Å². The molecule has 0 saturated carbocycles. The minimum atomic E-state index is -1.02. The molecule has 0 fully saturated rings. The zero-order valence-electron chi connectivity index (χ0n) is 7.05. The van der Waals surface area contributed by atoms with Gasteiger partial charge >= 0.3 is 5.97 Å². The molecule has 0 bridgehead atoms. The van der Waals surface area contributed by atoms with Crippen molar-refractivity contribution in [2.45, 2.75) is 6.04 Å². The summed E-state index contributed by atoms with van der Waals surface area (Å²) in [7, 11) is 0. The van der Waals surface area contributed by atoms with Gasteiger partial charge in [0.2, 0.25) is 0 Å². The summed E-state index contributed by atoms with van der Waals surface area (Å²) >= 11 is 0. The lowest BCUT2D eigenvalue weighted by Gasteiger charge is -1.97. The molecule has 0 spiro atoms. The van der Waals surface area contributed by atoms with Crippen LogP contribution in [0.5, 0.6) is 0 Å². The predicted octanol–water partition coefficient (Wildman–Crippen LogP) is 1.11. The molecule has 1 aromatic rings. The maximum Gasteiger partial charge on any atom is 0.324 e. The van der Waals surface area contributed by atoms with E-state index in [2.05, 4.69) is 0 Å². The number of aliphatic carboxylic acids is 1. The highest BCUT2D eigenvalue weighted by molar-refractivity contribution is 5.77. The average molecular weight is 177 g/mol. The summed E-state index contributed by atoms with van der Waals surface area (Å²) in [6.07, 6.45) is 3.15. The molecule has 1 aromatic carbocycles. The molecular weight excluding hydrogens is 166 g/mol. The van der Waals surface area contributed by atoms with Crippen molar-refractivity contribution >= 4 is 12.0 Å². The van der Waals surface area contributed by atoms with Crippen LogP contribution in [0.1, 0.15) is 5.56 Å². The van der Waals surface area contributed by atoms with Crippen molar-refractivity contribution in [1.29, 1.82) is 0 Å². The van der Waals surface area contributed by atoms with Crippen molar-refractivity contribution in [2.24, 2.45) is 5.73 Å². The zero-order chi connectivity index (χ0) is 9.68. The molecule has 0 aliphatic carbocycles. The highest BCUT2D eigenvalue weighted by atomic mass is 16.4. The molecule has 3 N–H and O–H groups in total. The Balaban J connectivity index is 2.64. The SMILES string of the molecule is NC(C=Cc1ccccc1)C(=O)O. The normalized spacial score (nSPS) is 13.0. The van der Waals surface area contributed by atoms with Crippen molar-refractivity contribution in [3.63, 3.8) is 0 Å². The second kappa shape index (κ2) is 4.42. The van der Waals surface area contributed by atoms with Gasteiger partial charge in [-0.3, -0.25) is 4.79 Å². The maximum absolute atomic E-state index is 10.3. The smallest absolute Gasteiger partial charge is 0.324 e. The van der Waals surface area contributed by atoms with E-state index in [1.54, 1.807) is 6.08 Å². The van der Waals surface area contributed by atoms with E-state index in [0.29, 0.717) is 0 Å². The Bertz CT molecular complexity index is 306. The Morgan fingerprint density at radius 2 is 2.00 bits per heavy atom. The summed E-state index contributed by atoms with van der Waals surface area (Å²) < 4.78 is 0. The van der Waals surface area contributed by atoms with Crippen LogP contribution in [0.4, 0.5) is 0 Å². The Labute approximate surface area is 76.5 Å². The number of carbonyl (C=O) groups is 1. The highest BCUT2D eigenvalue weighted by Gasteiger charge is 2.04. The molecule has 3 nitrogen and oxygen atoms in total. The standard InChI is InChI=1S/C10H11NO2/c11-9(10(12)13)7-6-8-4-2-1-3-5-8/h1-7,9H,11H2,(H,12,13). The second-order valence-electron chi connectivity index (χ2n) is 2.63. The largest absolute Gasteiger partial charge is 0.480 e. The fourth-order valence-electron chi connectivity index (χ4n) is 0.861. The topological polar surface area (TPSA) is 63.3 Å². The lowest BCUT2D eigenvalue weighted by Crippen LogP contribution is -2.27. The molecule has 0 saturated heterocycles. The van der Waals surface area contributed by atoms with Gasteiger partial charge in [0.25, 0.3) is 0 Å². The minimum absolute atomic E-state index is 0.930. The third-order valence-electron chi connectivity index (χ3n) is 1.58. The quantitative estimate of drug-likeness (QED) is 0.727. The van der Waals surface area contributed by atoms with Crippen molar-refractivity contribution in [3.05, 3.63) is 42.0 Å². The lowest BCUT2D eigenvalue weighted by atomic mass is 10.2. The Kier molecular flexibility index (Phi) is 3.23. The number of hydrogen-bond acceptors (Lipinski definition) is 2. The number of carboxylic acid groups (broad SMARTS) is 1. The van der Waals surface area contributed by atoms with Crippen LogP contribution in [0.25, 0.3) is 6.08 Å². The first-order chi connectivity index (χ1) is 6.20. The fourth-order valence-corrected chi connectivity index (χ4v) is 0.861. The summed E-state index contributed by atoms with van der Waals surface area (Å²) in [6, 6.07) is 8.49. The molecular formula is C10H11NO2. The molecule has 0 aromatic heterocycles. The third-order valence-corrected chi connectivity index (χ3v) is 1.58. The third kappa shape index (κ3) is 3.09. The first-order valence-corrected chi connectivity index (χ1v) is 3.92. The van der Waals surface area contributed by atoms with Crippen molar-refractivity contribution in [2.75, 3.05) is 0 Å². The summed E-state index contributed by atoms with van der Waals surface area (Å²) in [5, 5.41) is 8.48. The second-order valence-corrected chi connectivity index (χ2v) is 2.63. The number of hydrogen-bond donors (Lipinski definition) is 2. The Morgan fingerprint density at radius 1 is 1.38 bits per heavy atom. The van der Waals surface area contributed by atoms with Gasteiger partial charge in [-0.2, -0.15) is 0 Å².